The van der Waals surface area contributed by atoms with Gasteiger partial charge in [-0.1, -0.05) is 24.2 Å². The smallest absolute Gasteiger partial charge is 0.250 e. The molecule has 0 aliphatic carbocycles. The Morgan fingerprint density at radius 3 is 2.78 bits per heavy atom. The minimum absolute atomic E-state index is 0.0187. The summed E-state index contributed by atoms with van der Waals surface area (Å²) in [5.41, 5.74) is 2.35. The van der Waals surface area contributed by atoms with Crippen molar-refractivity contribution in [1.82, 2.24) is 15.0 Å². The highest BCUT2D eigenvalue weighted by molar-refractivity contribution is 6.34. The van der Waals surface area contributed by atoms with Crippen molar-refractivity contribution in [3.63, 3.8) is 0 Å². The van der Waals surface area contributed by atoms with Gasteiger partial charge in [-0.05, 0) is 37.3 Å². The molecular weight excluding hydrogens is 316 g/mol. The highest BCUT2D eigenvalue weighted by Crippen LogP contribution is 2.27. The molecule has 0 atom stereocenters. The Labute approximate surface area is 137 Å². The topological polar surface area (TPSA) is 80.0 Å². The maximum Gasteiger partial charge on any atom is 0.250 e. The van der Waals surface area contributed by atoms with Crippen LogP contribution >= 0.6 is 11.6 Å². The van der Waals surface area contributed by atoms with Gasteiger partial charge in [0.15, 0.2) is 0 Å². The van der Waals surface area contributed by atoms with Crippen LogP contribution < -0.4 is 5.32 Å². The maximum atomic E-state index is 11.7. The third-order valence-electron chi connectivity index (χ3n) is 3.20. The molecule has 0 aliphatic heterocycles. The fourth-order valence-corrected chi connectivity index (χ4v) is 2.22. The van der Waals surface area contributed by atoms with Gasteiger partial charge < -0.3 is 10.4 Å². The molecule has 1 heterocycles. The lowest BCUT2D eigenvalue weighted by atomic mass is 10.2. The normalized spacial score (nSPS) is 10.7. The molecule has 2 N–H and O–H groups in total. The Morgan fingerprint density at radius 2 is 2.09 bits per heavy atom. The average Bonchev–Trinajstić information content (AvgIpc) is 2.94. The number of aromatic hydroxyl groups is 1. The molecule has 116 valence electrons. The van der Waals surface area contributed by atoms with Gasteiger partial charge in [0.2, 0.25) is 0 Å². The number of carbonyl (C=O) groups excluding carboxylic acids is 1. The van der Waals surface area contributed by atoms with Crippen LogP contribution in [0.5, 0.6) is 5.75 Å². The Hall–Kier alpha value is -2.86. The number of anilines is 1. The van der Waals surface area contributed by atoms with Crippen molar-refractivity contribution in [3.8, 4) is 11.4 Å². The molecule has 0 fully saturated rings. The third kappa shape index (κ3) is 2.89. The second-order valence-corrected chi connectivity index (χ2v) is 5.44. The van der Waals surface area contributed by atoms with Gasteiger partial charge in [-0.15, -0.1) is 15.0 Å². The van der Waals surface area contributed by atoms with Gasteiger partial charge in [-0.25, -0.2) is 0 Å². The minimum atomic E-state index is -0.303. The fourth-order valence-electron chi connectivity index (χ4n) is 2.01. The van der Waals surface area contributed by atoms with Gasteiger partial charge in [0.1, 0.15) is 22.5 Å². The van der Waals surface area contributed by atoms with Crippen molar-refractivity contribution in [2.24, 2.45) is 0 Å². The number of amides is 1. The summed E-state index contributed by atoms with van der Waals surface area (Å²) in [5.74, 6) is -0.321. The number of nitrogens with one attached hydrogen (secondary N) is 1. The van der Waals surface area contributed by atoms with Gasteiger partial charge in [0.05, 0.1) is 5.02 Å². The predicted octanol–water partition coefficient (Wildman–Crippen LogP) is 3.29. The molecule has 0 unspecified atom stereocenters. The van der Waals surface area contributed by atoms with Gasteiger partial charge in [0.25, 0.3) is 5.91 Å². The van der Waals surface area contributed by atoms with Crippen molar-refractivity contribution in [1.29, 1.82) is 0 Å². The highest BCUT2D eigenvalue weighted by atomic mass is 35.5. The van der Waals surface area contributed by atoms with E-state index in [4.69, 9.17) is 11.6 Å². The molecule has 3 aromatic rings. The van der Waals surface area contributed by atoms with E-state index in [0.29, 0.717) is 33.0 Å². The quantitative estimate of drug-likeness (QED) is 0.571. The summed E-state index contributed by atoms with van der Waals surface area (Å²) in [4.78, 5) is 13.0. The van der Waals surface area contributed by atoms with Crippen LogP contribution in [0, 0.1) is 0 Å². The molecule has 1 aromatic heterocycles. The average molecular weight is 329 g/mol. The summed E-state index contributed by atoms with van der Waals surface area (Å²) in [5, 5.41) is 21.8. The van der Waals surface area contributed by atoms with Crippen LogP contribution in [-0.2, 0) is 4.79 Å². The Morgan fingerprint density at radius 1 is 1.30 bits per heavy atom. The Bertz CT molecular complexity index is 933. The first-order valence-corrected chi connectivity index (χ1v) is 7.15. The Balaban J connectivity index is 2.05. The van der Waals surface area contributed by atoms with Crippen molar-refractivity contribution in [2.45, 2.75) is 6.92 Å². The van der Waals surface area contributed by atoms with E-state index in [-0.39, 0.29) is 11.7 Å². The lowest BCUT2D eigenvalue weighted by Crippen LogP contribution is -2.12. The molecule has 0 spiro atoms. The number of aromatic nitrogens is 3. The molecule has 23 heavy (non-hydrogen) atoms. The molecule has 3 rings (SSSR count). The van der Waals surface area contributed by atoms with Gasteiger partial charge in [0, 0.05) is 11.3 Å². The van der Waals surface area contributed by atoms with E-state index < -0.39 is 0 Å². The number of hydrogen-bond donors (Lipinski definition) is 2. The second-order valence-electron chi connectivity index (χ2n) is 5.03. The molecule has 7 heteroatoms. The number of rotatable bonds is 3. The predicted molar refractivity (Wildman–Crippen MR) is 89.0 cm³/mol. The number of halogens is 1. The standard InChI is InChI=1S/C16H13ClN4O2/c1-9(2)16(23)18-10-6-7-14(22)13(8-10)21-19-12-5-3-4-11(17)15(12)20-21/h3-8,22H,1H2,2H3,(H,18,23). The summed E-state index contributed by atoms with van der Waals surface area (Å²) < 4.78 is 0. The van der Waals surface area contributed by atoms with E-state index >= 15 is 0 Å². The number of benzene rings is 2. The van der Waals surface area contributed by atoms with Crippen molar-refractivity contribution >= 4 is 34.2 Å². The molecule has 6 nitrogen and oxygen atoms in total. The third-order valence-corrected chi connectivity index (χ3v) is 3.50. The van der Waals surface area contributed by atoms with Crippen LogP contribution in [0.15, 0.2) is 48.6 Å². The molecule has 0 saturated heterocycles. The van der Waals surface area contributed by atoms with E-state index in [0.717, 1.165) is 0 Å². The number of phenols is 1. The summed E-state index contributed by atoms with van der Waals surface area (Å²) in [7, 11) is 0. The zero-order valence-electron chi connectivity index (χ0n) is 12.2. The van der Waals surface area contributed by atoms with Gasteiger partial charge in [-0.2, -0.15) is 0 Å². The fraction of sp³-hybridized carbons (Fsp3) is 0.0625. The van der Waals surface area contributed by atoms with Crippen LogP contribution in [0.1, 0.15) is 6.92 Å². The molecule has 1 amide bonds. The monoisotopic (exact) mass is 328 g/mol. The van der Waals surface area contributed by atoms with Crippen LogP contribution in [0.4, 0.5) is 5.69 Å². The van der Waals surface area contributed by atoms with E-state index in [9.17, 15) is 9.90 Å². The van der Waals surface area contributed by atoms with E-state index in [1.165, 1.54) is 10.9 Å². The van der Waals surface area contributed by atoms with Crippen molar-refractivity contribution in [2.75, 3.05) is 5.32 Å². The SMILES string of the molecule is C=C(C)C(=O)Nc1ccc(O)c(-n2nc3cccc(Cl)c3n2)c1. The first-order chi connectivity index (χ1) is 11.0. The largest absolute Gasteiger partial charge is 0.506 e. The molecule has 2 aromatic carbocycles. The summed E-state index contributed by atoms with van der Waals surface area (Å²) in [6, 6.07) is 9.87. The summed E-state index contributed by atoms with van der Waals surface area (Å²) >= 11 is 6.09. The lowest BCUT2D eigenvalue weighted by Gasteiger charge is -2.08. The van der Waals surface area contributed by atoms with E-state index in [2.05, 4.69) is 22.1 Å². The second kappa shape index (κ2) is 5.73. The molecule has 0 aliphatic rings. The Kier molecular flexibility index (Phi) is 3.75. The number of phenolic OH excluding ortho intramolecular Hbond substituents is 1. The van der Waals surface area contributed by atoms with Crippen LogP contribution in [0.3, 0.4) is 0 Å². The summed E-state index contributed by atoms with van der Waals surface area (Å²) in [6.07, 6.45) is 0. The van der Waals surface area contributed by atoms with Crippen LogP contribution in [-0.4, -0.2) is 26.0 Å². The van der Waals surface area contributed by atoms with Crippen molar-refractivity contribution in [3.05, 3.63) is 53.6 Å². The first-order valence-electron chi connectivity index (χ1n) is 6.77. The minimum Gasteiger partial charge on any atom is -0.506 e. The van der Waals surface area contributed by atoms with Crippen LogP contribution in [0.25, 0.3) is 16.7 Å². The molecule has 0 bridgehead atoms. The number of hydrogen-bond acceptors (Lipinski definition) is 4. The van der Waals surface area contributed by atoms with E-state index in [1.54, 1.807) is 37.3 Å². The number of fused-ring (bicyclic) bond motifs is 1. The van der Waals surface area contributed by atoms with Gasteiger partial charge in [-0.3, -0.25) is 4.79 Å². The molecule has 0 saturated carbocycles. The summed E-state index contributed by atoms with van der Waals surface area (Å²) in [6.45, 7) is 5.19. The zero-order valence-corrected chi connectivity index (χ0v) is 13.0. The number of nitrogens with zero attached hydrogens (tertiary/aromatic N) is 3. The number of carbonyl (C=O) groups is 1. The molecule has 0 radical (unpaired) electrons. The highest BCUT2D eigenvalue weighted by Gasteiger charge is 2.12. The zero-order chi connectivity index (χ0) is 16.6. The molecular formula is C16H13ClN4O2. The van der Waals surface area contributed by atoms with Crippen LogP contribution in [0.2, 0.25) is 5.02 Å². The van der Waals surface area contributed by atoms with Gasteiger partial charge >= 0.3 is 0 Å². The van der Waals surface area contributed by atoms with E-state index in [1.807, 2.05) is 0 Å². The lowest BCUT2D eigenvalue weighted by molar-refractivity contribution is -0.112. The van der Waals surface area contributed by atoms with Crippen molar-refractivity contribution < 1.29 is 9.90 Å². The maximum absolute atomic E-state index is 11.7. The first kappa shape index (κ1) is 15.1.